The van der Waals surface area contributed by atoms with Crippen molar-refractivity contribution < 1.29 is 9.47 Å². The summed E-state index contributed by atoms with van der Waals surface area (Å²) in [5, 5.41) is 11.2. The Hall–Kier alpha value is -2.08. The van der Waals surface area contributed by atoms with E-state index in [-0.39, 0.29) is 0 Å². The fourth-order valence-corrected chi connectivity index (χ4v) is 1.87. The highest BCUT2D eigenvalue weighted by Crippen LogP contribution is 2.30. The van der Waals surface area contributed by atoms with Crippen molar-refractivity contribution in [1.82, 2.24) is 20.1 Å². The largest absolute Gasteiger partial charge is 0.493 e. The topological polar surface area (TPSA) is 61.2 Å². The summed E-state index contributed by atoms with van der Waals surface area (Å²) in [6.07, 6.45) is 1.68. The molecule has 6 nitrogen and oxygen atoms in total. The minimum absolute atomic E-state index is 0.650. The van der Waals surface area contributed by atoms with Gasteiger partial charge >= 0.3 is 0 Å². The number of aromatic nitrogens is 3. The average Bonchev–Trinajstić information content (AvgIpc) is 2.84. The van der Waals surface area contributed by atoms with E-state index in [0.717, 1.165) is 22.9 Å². The fourth-order valence-electron chi connectivity index (χ4n) is 1.87. The molecule has 0 bridgehead atoms. The number of hydrogen-bond donors (Lipinski definition) is 1. The van der Waals surface area contributed by atoms with Crippen molar-refractivity contribution in [3.8, 4) is 11.5 Å². The molecule has 1 aromatic carbocycles. The Kier molecular flexibility index (Phi) is 4.35. The Labute approximate surface area is 112 Å². The number of methoxy groups -OCH3 is 2. The number of nitrogens with one attached hydrogen (secondary N) is 1. The summed E-state index contributed by atoms with van der Waals surface area (Å²) in [4.78, 5) is 0. The molecule has 0 aliphatic carbocycles. The predicted molar refractivity (Wildman–Crippen MR) is 71.1 cm³/mol. The van der Waals surface area contributed by atoms with Gasteiger partial charge in [-0.25, -0.2) is 0 Å². The van der Waals surface area contributed by atoms with Crippen molar-refractivity contribution in [2.24, 2.45) is 7.05 Å². The first-order valence-electron chi connectivity index (χ1n) is 5.99. The van der Waals surface area contributed by atoms with Gasteiger partial charge in [0.15, 0.2) is 11.5 Å². The van der Waals surface area contributed by atoms with Gasteiger partial charge in [0.25, 0.3) is 0 Å². The second-order valence-corrected chi connectivity index (χ2v) is 4.11. The third-order valence-electron chi connectivity index (χ3n) is 2.89. The first-order chi connectivity index (χ1) is 9.26. The molecule has 0 fully saturated rings. The van der Waals surface area contributed by atoms with Crippen LogP contribution in [0.5, 0.6) is 11.5 Å². The van der Waals surface area contributed by atoms with Crippen molar-refractivity contribution in [2.45, 2.75) is 13.1 Å². The highest BCUT2D eigenvalue weighted by molar-refractivity contribution is 5.46. The molecule has 0 unspecified atom stereocenters. The quantitative estimate of drug-likeness (QED) is 0.845. The lowest BCUT2D eigenvalue weighted by Crippen LogP contribution is -2.16. The Bertz CT molecular complexity index is 539. The minimum atomic E-state index is 0.650. The number of aryl methyl sites for hydroxylation is 1. The van der Waals surface area contributed by atoms with Gasteiger partial charge in [-0.1, -0.05) is 12.1 Å². The van der Waals surface area contributed by atoms with E-state index in [2.05, 4.69) is 15.5 Å². The maximum Gasteiger partial charge on any atom is 0.165 e. The normalized spacial score (nSPS) is 10.5. The summed E-state index contributed by atoms with van der Waals surface area (Å²) in [7, 11) is 5.20. The number of rotatable bonds is 6. The number of para-hydroxylation sites is 1. The van der Waals surface area contributed by atoms with Gasteiger partial charge in [0.1, 0.15) is 12.2 Å². The molecule has 0 radical (unpaired) electrons. The van der Waals surface area contributed by atoms with Gasteiger partial charge in [-0.3, -0.25) is 0 Å². The third kappa shape index (κ3) is 3.03. The monoisotopic (exact) mass is 262 g/mol. The molecule has 6 heteroatoms. The van der Waals surface area contributed by atoms with Crippen LogP contribution >= 0.6 is 0 Å². The lowest BCUT2D eigenvalue weighted by molar-refractivity contribution is 0.350. The Balaban J connectivity index is 2.01. The molecule has 1 aromatic heterocycles. The number of ether oxygens (including phenoxy) is 2. The maximum absolute atomic E-state index is 5.38. The van der Waals surface area contributed by atoms with Crippen LogP contribution in [0.1, 0.15) is 11.4 Å². The zero-order valence-corrected chi connectivity index (χ0v) is 11.4. The molecule has 2 aromatic rings. The molecule has 0 saturated heterocycles. The predicted octanol–water partition coefficient (Wildman–Crippen LogP) is 1.12. The van der Waals surface area contributed by atoms with Crippen molar-refractivity contribution in [3.05, 3.63) is 35.9 Å². The van der Waals surface area contributed by atoms with Gasteiger partial charge in [0.05, 0.1) is 20.8 Å². The smallest absolute Gasteiger partial charge is 0.165 e. The molecule has 0 saturated carbocycles. The van der Waals surface area contributed by atoms with Gasteiger partial charge in [-0.2, -0.15) is 0 Å². The molecule has 0 amide bonds. The Morgan fingerprint density at radius 3 is 2.68 bits per heavy atom. The van der Waals surface area contributed by atoms with Crippen molar-refractivity contribution in [2.75, 3.05) is 14.2 Å². The summed E-state index contributed by atoms with van der Waals surface area (Å²) in [6, 6.07) is 5.83. The first kappa shape index (κ1) is 13.4. The van der Waals surface area contributed by atoms with E-state index in [9.17, 15) is 0 Å². The van der Waals surface area contributed by atoms with Crippen LogP contribution in [0, 0.1) is 0 Å². The van der Waals surface area contributed by atoms with Crippen LogP contribution in [0.25, 0.3) is 0 Å². The van der Waals surface area contributed by atoms with E-state index >= 15 is 0 Å². The van der Waals surface area contributed by atoms with Gasteiger partial charge in [-0.15, -0.1) is 10.2 Å². The molecular weight excluding hydrogens is 244 g/mol. The summed E-state index contributed by atoms with van der Waals surface area (Å²) >= 11 is 0. The number of benzene rings is 1. The van der Waals surface area contributed by atoms with Crippen LogP contribution in [-0.2, 0) is 20.1 Å². The molecule has 0 spiro atoms. The molecule has 2 rings (SSSR count). The van der Waals surface area contributed by atoms with Gasteiger partial charge in [-0.05, 0) is 6.07 Å². The Morgan fingerprint density at radius 1 is 1.21 bits per heavy atom. The maximum atomic E-state index is 5.38. The zero-order valence-electron chi connectivity index (χ0n) is 11.4. The van der Waals surface area contributed by atoms with Crippen LogP contribution in [0.4, 0.5) is 0 Å². The number of nitrogens with zero attached hydrogens (tertiary/aromatic N) is 3. The second-order valence-electron chi connectivity index (χ2n) is 4.11. The molecule has 0 aliphatic rings. The van der Waals surface area contributed by atoms with E-state index in [0.29, 0.717) is 13.1 Å². The standard InChI is InChI=1S/C13H18N4O2/c1-17-9-15-16-12(17)8-14-7-10-5-4-6-11(18-2)13(10)19-3/h4-6,9,14H,7-8H2,1-3H3. The average molecular weight is 262 g/mol. The van der Waals surface area contributed by atoms with Crippen LogP contribution in [0.15, 0.2) is 24.5 Å². The third-order valence-corrected chi connectivity index (χ3v) is 2.89. The molecule has 0 atom stereocenters. The van der Waals surface area contributed by atoms with E-state index in [4.69, 9.17) is 9.47 Å². The second kappa shape index (κ2) is 6.19. The molecule has 1 N–H and O–H groups in total. The van der Waals surface area contributed by atoms with E-state index in [1.807, 2.05) is 29.8 Å². The van der Waals surface area contributed by atoms with Gasteiger partial charge < -0.3 is 19.4 Å². The van der Waals surface area contributed by atoms with Crippen LogP contribution in [-0.4, -0.2) is 29.0 Å². The molecule has 0 aliphatic heterocycles. The first-order valence-corrected chi connectivity index (χ1v) is 5.99. The molecule has 102 valence electrons. The highest BCUT2D eigenvalue weighted by atomic mass is 16.5. The lowest BCUT2D eigenvalue weighted by Gasteiger charge is -2.12. The zero-order chi connectivity index (χ0) is 13.7. The summed E-state index contributed by atoms with van der Waals surface area (Å²) in [5.41, 5.74) is 1.05. The lowest BCUT2D eigenvalue weighted by atomic mass is 10.2. The molecule has 1 heterocycles. The van der Waals surface area contributed by atoms with Crippen LogP contribution in [0.3, 0.4) is 0 Å². The summed E-state index contributed by atoms with van der Waals surface area (Å²) in [6.45, 7) is 1.32. The van der Waals surface area contributed by atoms with Crippen LogP contribution in [0.2, 0.25) is 0 Å². The van der Waals surface area contributed by atoms with Gasteiger partial charge in [0.2, 0.25) is 0 Å². The molecular formula is C13H18N4O2. The van der Waals surface area contributed by atoms with Crippen molar-refractivity contribution in [3.63, 3.8) is 0 Å². The van der Waals surface area contributed by atoms with E-state index < -0.39 is 0 Å². The summed E-state index contributed by atoms with van der Waals surface area (Å²) < 4.78 is 12.5. The van der Waals surface area contributed by atoms with Gasteiger partial charge in [0, 0.05) is 19.2 Å². The fraction of sp³-hybridized carbons (Fsp3) is 0.385. The molecule has 19 heavy (non-hydrogen) atoms. The van der Waals surface area contributed by atoms with Crippen LogP contribution < -0.4 is 14.8 Å². The van der Waals surface area contributed by atoms with E-state index in [1.165, 1.54) is 0 Å². The van der Waals surface area contributed by atoms with Crippen molar-refractivity contribution >= 4 is 0 Å². The summed E-state index contributed by atoms with van der Waals surface area (Å²) in [5.74, 6) is 2.39. The number of hydrogen-bond acceptors (Lipinski definition) is 5. The van der Waals surface area contributed by atoms with E-state index in [1.54, 1.807) is 20.5 Å². The SMILES string of the molecule is COc1cccc(CNCc2nncn2C)c1OC. The van der Waals surface area contributed by atoms with Crippen molar-refractivity contribution in [1.29, 1.82) is 0 Å². The highest BCUT2D eigenvalue weighted by Gasteiger charge is 2.09. The minimum Gasteiger partial charge on any atom is -0.493 e. The Morgan fingerprint density at radius 2 is 2.05 bits per heavy atom.